The Hall–Kier alpha value is -4.67. The number of nitrogens with zero attached hydrogens (tertiary/aromatic N) is 7. The molecule has 1 N–H and O–H groups in total. The van der Waals surface area contributed by atoms with Gasteiger partial charge in [-0.2, -0.15) is 5.10 Å². The van der Waals surface area contributed by atoms with Crippen LogP contribution in [0.2, 0.25) is 0 Å². The Kier molecular flexibility index (Phi) is 4.10. The predicted molar refractivity (Wildman–Crippen MR) is 107 cm³/mol. The van der Waals surface area contributed by atoms with Crippen molar-refractivity contribution in [3.05, 3.63) is 77.6 Å². The third kappa shape index (κ3) is 3.30. The molecule has 0 saturated carbocycles. The standard InChI is InChI=1S/C19H12N8O3/c28-27(29)13-3-6-16-15(7-13)19(22-9-20-16)25-12-1-4-14(5-2-12)30-18-8-17-21-10-24-26(17)11-23-18/h1-11H,(H,20,22,25). The smallest absolute Gasteiger partial charge is 0.270 e. The fourth-order valence-corrected chi connectivity index (χ4v) is 2.89. The van der Waals surface area contributed by atoms with Crippen molar-refractivity contribution < 1.29 is 9.66 Å². The number of hydrogen-bond donors (Lipinski definition) is 1. The molecule has 5 aromatic rings. The molecule has 30 heavy (non-hydrogen) atoms. The number of hydrogen-bond acceptors (Lipinski definition) is 9. The largest absolute Gasteiger partial charge is 0.439 e. The molecule has 5 rings (SSSR count). The van der Waals surface area contributed by atoms with E-state index in [0.29, 0.717) is 34.0 Å². The van der Waals surface area contributed by atoms with Crippen LogP contribution in [0.15, 0.2) is 67.5 Å². The topological polar surface area (TPSA) is 133 Å². The van der Waals surface area contributed by atoms with Crippen LogP contribution in [-0.4, -0.2) is 34.5 Å². The quantitative estimate of drug-likeness (QED) is 0.347. The van der Waals surface area contributed by atoms with Gasteiger partial charge in [0.25, 0.3) is 5.69 Å². The zero-order valence-corrected chi connectivity index (χ0v) is 15.2. The number of nitro benzene ring substituents is 1. The van der Waals surface area contributed by atoms with E-state index in [0.717, 1.165) is 5.69 Å². The minimum atomic E-state index is -0.451. The summed E-state index contributed by atoms with van der Waals surface area (Å²) in [6, 6.07) is 13.3. The maximum atomic E-state index is 11.1. The SMILES string of the molecule is O=[N+]([O-])c1ccc2ncnc(Nc3ccc(Oc4cc5ncnn5cn4)cc3)c2c1. The Balaban J connectivity index is 1.38. The Morgan fingerprint density at radius 1 is 0.967 bits per heavy atom. The van der Waals surface area contributed by atoms with Crippen molar-refractivity contribution in [1.29, 1.82) is 0 Å². The highest BCUT2D eigenvalue weighted by molar-refractivity contribution is 5.92. The minimum absolute atomic E-state index is 0.0266. The van der Waals surface area contributed by atoms with Crippen LogP contribution < -0.4 is 10.1 Å². The van der Waals surface area contributed by atoms with Crippen LogP contribution in [0.3, 0.4) is 0 Å². The summed E-state index contributed by atoms with van der Waals surface area (Å²) in [5.74, 6) is 1.45. The van der Waals surface area contributed by atoms with E-state index in [1.54, 1.807) is 36.4 Å². The van der Waals surface area contributed by atoms with Crippen molar-refractivity contribution >= 4 is 33.7 Å². The van der Waals surface area contributed by atoms with E-state index in [2.05, 4.69) is 30.4 Å². The third-order valence-corrected chi connectivity index (χ3v) is 4.32. The van der Waals surface area contributed by atoms with Gasteiger partial charge in [-0.15, -0.1) is 0 Å². The average molecular weight is 400 g/mol. The van der Waals surface area contributed by atoms with Crippen LogP contribution in [0, 0.1) is 10.1 Å². The van der Waals surface area contributed by atoms with Gasteiger partial charge in [0.1, 0.15) is 30.5 Å². The summed E-state index contributed by atoms with van der Waals surface area (Å²) in [6.45, 7) is 0. The summed E-state index contributed by atoms with van der Waals surface area (Å²) < 4.78 is 7.29. The van der Waals surface area contributed by atoms with Crippen LogP contribution in [-0.2, 0) is 0 Å². The minimum Gasteiger partial charge on any atom is -0.439 e. The lowest BCUT2D eigenvalue weighted by Crippen LogP contribution is -1.97. The molecule has 0 spiro atoms. The monoisotopic (exact) mass is 400 g/mol. The molecule has 3 heterocycles. The lowest BCUT2D eigenvalue weighted by molar-refractivity contribution is -0.384. The van der Waals surface area contributed by atoms with Crippen molar-refractivity contribution in [1.82, 2.24) is 29.5 Å². The van der Waals surface area contributed by atoms with Crippen molar-refractivity contribution in [2.24, 2.45) is 0 Å². The van der Waals surface area contributed by atoms with Gasteiger partial charge in [-0.3, -0.25) is 10.1 Å². The van der Waals surface area contributed by atoms with E-state index < -0.39 is 4.92 Å². The lowest BCUT2D eigenvalue weighted by atomic mass is 10.2. The van der Waals surface area contributed by atoms with Gasteiger partial charge in [0, 0.05) is 29.3 Å². The zero-order valence-electron chi connectivity index (χ0n) is 15.2. The van der Waals surface area contributed by atoms with Crippen LogP contribution >= 0.6 is 0 Å². The van der Waals surface area contributed by atoms with Crippen LogP contribution in [0.25, 0.3) is 16.6 Å². The number of aromatic nitrogens is 6. The highest BCUT2D eigenvalue weighted by Gasteiger charge is 2.11. The highest BCUT2D eigenvalue weighted by Crippen LogP contribution is 2.28. The zero-order chi connectivity index (χ0) is 20.5. The fourth-order valence-electron chi connectivity index (χ4n) is 2.89. The van der Waals surface area contributed by atoms with Crippen LogP contribution in [0.5, 0.6) is 11.6 Å². The molecule has 3 aromatic heterocycles. The van der Waals surface area contributed by atoms with Gasteiger partial charge in [0.05, 0.1) is 10.4 Å². The summed E-state index contributed by atoms with van der Waals surface area (Å²) in [5, 5.41) is 18.8. The summed E-state index contributed by atoms with van der Waals surface area (Å²) in [4.78, 5) is 27.3. The Labute approximate surface area is 168 Å². The first-order valence-corrected chi connectivity index (χ1v) is 8.75. The summed E-state index contributed by atoms with van der Waals surface area (Å²) >= 11 is 0. The van der Waals surface area contributed by atoms with Crippen LogP contribution in [0.4, 0.5) is 17.2 Å². The first kappa shape index (κ1) is 17.4. The molecule has 0 atom stereocenters. The van der Waals surface area contributed by atoms with E-state index in [9.17, 15) is 10.1 Å². The normalized spacial score (nSPS) is 10.9. The van der Waals surface area contributed by atoms with Gasteiger partial charge < -0.3 is 10.1 Å². The molecule has 0 aliphatic carbocycles. The Morgan fingerprint density at radius 3 is 2.67 bits per heavy atom. The van der Waals surface area contributed by atoms with E-state index in [1.165, 1.54) is 35.6 Å². The molecular weight excluding hydrogens is 388 g/mol. The number of nitro groups is 1. The van der Waals surface area contributed by atoms with Crippen molar-refractivity contribution in [3.8, 4) is 11.6 Å². The average Bonchev–Trinajstić information content (AvgIpc) is 3.23. The molecule has 0 fully saturated rings. The number of anilines is 2. The Morgan fingerprint density at radius 2 is 1.83 bits per heavy atom. The third-order valence-electron chi connectivity index (χ3n) is 4.32. The fraction of sp³-hybridized carbons (Fsp3) is 0. The molecule has 0 bridgehead atoms. The van der Waals surface area contributed by atoms with Gasteiger partial charge in [-0.1, -0.05) is 0 Å². The van der Waals surface area contributed by atoms with Gasteiger partial charge in [0.15, 0.2) is 5.65 Å². The first-order valence-electron chi connectivity index (χ1n) is 8.75. The molecule has 146 valence electrons. The second kappa shape index (κ2) is 7.05. The van der Waals surface area contributed by atoms with E-state index in [1.807, 2.05) is 0 Å². The molecule has 0 saturated heterocycles. The van der Waals surface area contributed by atoms with E-state index in [4.69, 9.17) is 4.74 Å². The molecule has 0 unspecified atom stereocenters. The molecule has 2 aromatic carbocycles. The Bertz CT molecular complexity index is 1380. The van der Waals surface area contributed by atoms with Gasteiger partial charge >= 0.3 is 0 Å². The van der Waals surface area contributed by atoms with Gasteiger partial charge in [-0.25, -0.2) is 24.5 Å². The number of benzene rings is 2. The van der Waals surface area contributed by atoms with Gasteiger partial charge in [0.2, 0.25) is 5.88 Å². The van der Waals surface area contributed by atoms with E-state index >= 15 is 0 Å². The molecule has 11 nitrogen and oxygen atoms in total. The highest BCUT2D eigenvalue weighted by atomic mass is 16.6. The summed E-state index contributed by atoms with van der Waals surface area (Å²) in [6.07, 6.45) is 4.36. The second-order valence-corrected chi connectivity index (χ2v) is 6.22. The maximum Gasteiger partial charge on any atom is 0.270 e. The summed E-state index contributed by atoms with van der Waals surface area (Å²) in [5.41, 5.74) is 1.94. The number of nitrogens with one attached hydrogen (secondary N) is 1. The molecule has 0 aliphatic heterocycles. The van der Waals surface area contributed by atoms with Crippen molar-refractivity contribution in [3.63, 3.8) is 0 Å². The number of non-ortho nitro benzene ring substituents is 1. The molecule has 0 aliphatic rings. The lowest BCUT2D eigenvalue weighted by Gasteiger charge is -2.09. The molecular formula is C19H12N8O3. The molecule has 0 radical (unpaired) electrons. The number of rotatable bonds is 5. The summed E-state index contributed by atoms with van der Waals surface area (Å²) in [7, 11) is 0. The second-order valence-electron chi connectivity index (χ2n) is 6.22. The van der Waals surface area contributed by atoms with Crippen molar-refractivity contribution in [2.45, 2.75) is 0 Å². The van der Waals surface area contributed by atoms with Crippen LogP contribution in [0.1, 0.15) is 0 Å². The number of ether oxygens (including phenoxy) is 1. The van der Waals surface area contributed by atoms with Crippen molar-refractivity contribution in [2.75, 3.05) is 5.32 Å². The predicted octanol–water partition coefficient (Wildman–Crippen LogP) is 3.51. The van der Waals surface area contributed by atoms with E-state index in [-0.39, 0.29) is 5.69 Å². The first-order chi connectivity index (χ1) is 14.7. The number of fused-ring (bicyclic) bond motifs is 2. The molecule has 11 heteroatoms. The van der Waals surface area contributed by atoms with Gasteiger partial charge in [-0.05, 0) is 30.3 Å². The molecule has 0 amide bonds. The maximum absolute atomic E-state index is 11.1.